The number of pyridine rings is 1. The van der Waals surface area contributed by atoms with Gasteiger partial charge in [0.05, 0.1) is 18.4 Å². The van der Waals surface area contributed by atoms with Crippen molar-refractivity contribution in [3.63, 3.8) is 0 Å². The number of anilines is 1. The van der Waals surface area contributed by atoms with E-state index in [1.165, 1.54) is 0 Å². The third-order valence-corrected chi connectivity index (χ3v) is 6.12. The molecule has 9 heteroatoms. The zero-order chi connectivity index (χ0) is 19.7. The van der Waals surface area contributed by atoms with Gasteiger partial charge in [0, 0.05) is 16.6 Å². The van der Waals surface area contributed by atoms with Crippen LogP contribution in [0.5, 0.6) is 0 Å². The van der Waals surface area contributed by atoms with Gasteiger partial charge in [0.1, 0.15) is 5.52 Å². The first-order valence-corrected chi connectivity index (χ1v) is 10.7. The van der Waals surface area contributed by atoms with E-state index in [2.05, 4.69) is 39.1 Å². The highest BCUT2D eigenvalue weighted by atomic mass is 35.5. The second-order valence-corrected chi connectivity index (χ2v) is 8.47. The van der Waals surface area contributed by atoms with Crippen LogP contribution in [0.4, 0.5) is 5.82 Å². The van der Waals surface area contributed by atoms with Gasteiger partial charge in [0.25, 0.3) is 5.56 Å². The van der Waals surface area contributed by atoms with Crippen molar-refractivity contribution in [2.75, 3.05) is 11.1 Å². The van der Waals surface area contributed by atoms with Crippen LogP contribution in [0.3, 0.4) is 0 Å². The van der Waals surface area contributed by atoms with Crippen molar-refractivity contribution in [3.05, 3.63) is 45.9 Å². The van der Waals surface area contributed by atoms with Crippen molar-refractivity contribution in [2.24, 2.45) is 0 Å². The molecule has 0 amide bonds. The molecule has 1 fully saturated rings. The summed E-state index contributed by atoms with van der Waals surface area (Å²) in [5.41, 5.74) is 1.50. The van der Waals surface area contributed by atoms with Crippen LogP contribution in [-0.4, -0.2) is 30.3 Å². The summed E-state index contributed by atoms with van der Waals surface area (Å²) in [6, 6.07) is 4.00. The van der Waals surface area contributed by atoms with Crippen molar-refractivity contribution in [1.82, 2.24) is 24.5 Å². The summed E-state index contributed by atoms with van der Waals surface area (Å²) in [5.74, 6) is 1.29. The van der Waals surface area contributed by atoms with Crippen LogP contribution in [-0.2, 0) is 12.1 Å². The third-order valence-electron chi connectivity index (χ3n) is 5.08. The molecule has 1 aliphatic rings. The second kappa shape index (κ2) is 7.67. The van der Waals surface area contributed by atoms with Gasteiger partial charge in [-0.25, -0.2) is 9.97 Å². The van der Waals surface area contributed by atoms with Crippen LogP contribution < -0.4 is 10.9 Å². The molecule has 0 aromatic carbocycles. The van der Waals surface area contributed by atoms with E-state index in [0.29, 0.717) is 17.7 Å². The summed E-state index contributed by atoms with van der Waals surface area (Å²) in [5, 5.41) is 3.26. The molecule has 0 saturated heterocycles. The van der Waals surface area contributed by atoms with Crippen molar-refractivity contribution in [3.8, 4) is 0 Å². The number of hydrogen-bond donors (Lipinski definition) is 1. The Hall–Kier alpha value is -2.19. The van der Waals surface area contributed by atoms with Gasteiger partial charge in [-0.05, 0) is 48.7 Å². The zero-order valence-electron chi connectivity index (χ0n) is 15.8. The lowest BCUT2D eigenvalue weighted by Gasteiger charge is -2.19. The number of nitrogens with one attached hydrogen (secondary N) is 1. The molecule has 28 heavy (non-hydrogen) atoms. The van der Waals surface area contributed by atoms with Crippen LogP contribution in [0.15, 0.2) is 34.2 Å². The van der Waals surface area contributed by atoms with E-state index in [0.717, 1.165) is 35.6 Å². The van der Waals surface area contributed by atoms with E-state index in [4.69, 9.17) is 11.6 Å². The van der Waals surface area contributed by atoms with Gasteiger partial charge in [-0.1, -0.05) is 13.8 Å². The molecule has 3 aromatic heterocycles. The SMILES string of the molecule is CCSc1ccc(CNc2nc3cnc(Cl)nc3n(C3(CC)CC3)c2=O)nc1. The minimum atomic E-state index is -0.205. The fourth-order valence-electron chi connectivity index (χ4n) is 3.34. The van der Waals surface area contributed by atoms with Crippen molar-refractivity contribution >= 4 is 40.3 Å². The molecule has 0 aliphatic heterocycles. The normalized spacial score (nSPS) is 15.0. The Labute approximate surface area is 172 Å². The quantitative estimate of drug-likeness (QED) is 0.462. The van der Waals surface area contributed by atoms with Crippen molar-refractivity contribution < 1.29 is 0 Å². The number of thioether (sulfide) groups is 1. The number of rotatable bonds is 7. The van der Waals surface area contributed by atoms with Crippen LogP contribution in [0.2, 0.25) is 5.28 Å². The Balaban J connectivity index is 1.68. The summed E-state index contributed by atoms with van der Waals surface area (Å²) >= 11 is 7.73. The van der Waals surface area contributed by atoms with E-state index in [9.17, 15) is 4.79 Å². The fraction of sp³-hybridized carbons (Fsp3) is 0.421. The molecule has 0 unspecified atom stereocenters. The standard InChI is InChI=1S/C19H21ClN6OS/c1-3-19(7-8-19)26-16-14(11-23-18(20)25-16)24-15(17(26)27)22-9-12-5-6-13(10-21-12)28-4-2/h5-6,10-11H,3-4,7-9H2,1-2H3,(H,22,24). The first kappa shape index (κ1) is 19.1. The number of nitrogens with zero attached hydrogens (tertiary/aromatic N) is 5. The lowest BCUT2D eigenvalue weighted by molar-refractivity contribution is 0.462. The van der Waals surface area contributed by atoms with Gasteiger partial charge < -0.3 is 5.32 Å². The first-order valence-electron chi connectivity index (χ1n) is 9.33. The molecule has 3 heterocycles. The number of halogens is 1. The Morgan fingerprint density at radius 1 is 1.21 bits per heavy atom. The molecule has 0 bridgehead atoms. The average molecular weight is 417 g/mol. The Kier molecular flexibility index (Phi) is 5.25. The van der Waals surface area contributed by atoms with Gasteiger partial charge in [0.2, 0.25) is 5.28 Å². The molecule has 0 atom stereocenters. The van der Waals surface area contributed by atoms with Crippen molar-refractivity contribution in [2.45, 2.75) is 50.1 Å². The van der Waals surface area contributed by atoms with E-state index in [1.54, 1.807) is 22.5 Å². The molecule has 7 nitrogen and oxygen atoms in total. The molecule has 146 valence electrons. The predicted octanol–water partition coefficient (Wildman–Crippen LogP) is 3.86. The van der Waals surface area contributed by atoms with Crippen LogP contribution in [0, 0.1) is 0 Å². The lowest BCUT2D eigenvalue weighted by Crippen LogP contribution is -2.33. The van der Waals surface area contributed by atoms with Gasteiger partial charge in [-0.3, -0.25) is 14.3 Å². The van der Waals surface area contributed by atoms with Crippen molar-refractivity contribution in [1.29, 1.82) is 0 Å². The molecule has 0 radical (unpaired) electrons. The first-order chi connectivity index (χ1) is 13.6. The third kappa shape index (κ3) is 3.58. The number of aromatic nitrogens is 5. The second-order valence-electron chi connectivity index (χ2n) is 6.80. The lowest BCUT2D eigenvalue weighted by atomic mass is 10.2. The minimum absolute atomic E-state index is 0.115. The summed E-state index contributed by atoms with van der Waals surface area (Å²) in [4.78, 5) is 31.6. The smallest absolute Gasteiger partial charge is 0.295 e. The van der Waals surface area contributed by atoms with Gasteiger partial charge in [-0.2, -0.15) is 4.98 Å². The molecule has 4 rings (SSSR count). The molecule has 1 N–H and O–H groups in total. The van der Waals surface area contributed by atoms with E-state index >= 15 is 0 Å². The van der Waals surface area contributed by atoms with Gasteiger partial charge in [0.15, 0.2) is 11.5 Å². The van der Waals surface area contributed by atoms with E-state index in [-0.39, 0.29) is 22.2 Å². The summed E-state index contributed by atoms with van der Waals surface area (Å²) in [6.07, 6.45) is 6.16. The van der Waals surface area contributed by atoms with E-state index in [1.807, 2.05) is 18.3 Å². The van der Waals surface area contributed by atoms with Gasteiger partial charge in [-0.15, -0.1) is 11.8 Å². The molecule has 0 spiro atoms. The predicted molar refractivity (Wildman–Crippen MR) is 112 cm³/mol. The molecule has 1 aliphatic carbocycles. The Bertz CT molecular complexity index is 1060. The maximum Gasteiger partial charge on any atom is 0.295 e. The van der Waals surface area contributed by atoms with E-state index < -0.39 is 0 Å². The average Bonchev–Trinajstić information content (AvgIpc) is 3.49. The fourth-order valence-corrected chi connectivity index (χ4v) is 4.09. The highest BCUT2D eigenvalue weighted by Gasteiger charge is 2.45. The van der Waals surface area contributed by atoms with Crippen LogP contribution >= 0.6 is 23.4 Å². The highest BCUT2D eigenvalue weighted by Crippen LogP contribution is 2.46. The maximum atomic E-state index is 13.2. The summed E-state index contributed by atoms with van der Waals surface area (Å²) in [6.45, 7) is 4.61. The topological polar surface area (TPSA) is 85.6 Å². The highest BCUT2D eigenvalue weighted by molar-refractivity contribution is 7.99. The molecule has 3 aromatic rings. The largest absolute Gasteiger partial charge is 0.360 e. The Morgan fingerprint density at radius 2 is 2.04 bits per heavy atom. The summed E-state index contributed by atoms with van der Waals surface area (Å²) in [7, 11) is 0. The van der Waals surface area contributed by atoms with Gasteiger partial charge >= 0.3 is 0 Å². The Morgan fingerprint density at radius 3 is 2.68 bits per heavy atom. The van der Waals surface area contributed by atoms with Crippen LogP contribution in [0.25, 0.3) is 11.2 Å². The monoisotopic (exact) mass is 416 g/mol. The molecule has 1 saturated carbocycles. The molecular formula is C19H21ClN6OS. The maximum absolute atomic E-state index is 13.2. The minimum Gasteiger partial charge on any atom is -0.360 e. The molecular weight excluding hydrogens is 396 g/mol. The summed E-state index contributed by atoms with van der Waals surface area (Å²) < 4.78 is 1.75. The zero-order valence-corrected chi connectivity index (χ0v) is 17.3. The number of fused-ring (bicyclic) bond motifs is 1. The number of hydrogen-bond acceptors (Lipinski definition) is 7. The van der Waals surface area contributed by atoms with Crippen LogP contribution in [0.1, 0.15) is 38.8 Å².